The van der Waals surface area contributed by atoms with Gasteiger partial charge in [-0.2, -0.15) is 0 Å². The Kier molecular flexibility index (Phi) is 3.69. The van der Waals surface area contributed by atoms with Crippen molar-refractivity contribution < 1.29 is 13.5 Å². The molecule has 1 N–H and O–H groups in total. The summed E-state index contributed by atoms with van der Waals surface area (Å²) in [5.41, 5.74) is 2.80. The van der Waals surface area contributed by atoms with Crippen LogP contribution in [0.25, 0.3) is 22.4 Å². The van der Waals surface area contributed by atoms with E-state index in [1.165, 1.54) is 5.56 Å². The van der Waals surface area contributed by atoms with Crippen LogP contribution >= 0.6 is 0 Å². The number of aryl methyl sites for hydroxylation is 1. The van der Waals surface area contributed by atoms with E-state index in [1.807, 2.05) is 55.5 Å². The molecule has 0 radical (unpaired) electrons. The van der Waals surface area contributed by atoms with Gasteiger partial charge in [-0.05, 0) is 43.3 Å². The van der Waals surface area contributed by atoms with Crippen molar-refractivity contribution in [2.75, 3.05) is 0 Å². The zero-order chi connectivity index (χ0) is 17.4. The molecule has 5 heteroatoms. The maximum atomic E-state index is 13.3. The van der Waals surface area contributed by atoms with Crippen LogP contribution in [0, 0.1) is 18.6 Å². The molecule has 0 fully saturated rings. The van der Waals surface area contributed by atoms with Gasteiger partial charge in [-0.3, -0.25) is 0 Å². The van der Waals surface area contributed by atoms with Crippen molar-refractivity contribution in [2.24, 2.45) is 0 Å². The summed E-state index contributed by atoms with van der Waals surface area (Å²) in [5.74, 6) is 0.188. The van der Waals surface area contributed by atoms with E-state index in [4.69, 9.17) is 4.74 Å². The molecular formula is C20H14F2N2O. The van der Waals surface area contributed by atoms with E-state index in [9.17, 15) is 8.78 Å². The number of aromatic nitrogens is 2. The number of imidazole rings is 1. The van der Waals surface area contributed by atoms with E-state index >= 15 is 0 Å². The number of aromatic amines is 1. The van der Waals surface area contributed by atoms with Crippen LogP contribution < -0.4 is 4.74 Å². The Hall–Kier alpha value is -3.21. The highest BCUT2D eigenvalue weighted by molar-refractivity contribution is 5.79. The summed E-state index contributed by atoms with van der Waals surface area (Å²) in [5, 5.41) is 0. The molecule has 4 rings (SSSR count). The average Bonchev–Trinajstić information content (AvgIpc) is 3.01. The fourth-order valence-electron chi connectivity index (χ4n) is 2.56. The summed E-state index contributed by atoms with van der Waals surface area (Å²) in [6, 6.07) is 17.3. The largest absolute Gasteiger partial charge is 0.457 e. The van der Waals surface area contributed by atoms with Crippen LogP contribution in [0.2, 0.25) is 0 Å². The number of H-pyrrole nitrogens is 1. The third-order valence-electron chi connectivity index (χ3n) is 3.91. The zero-order valence-electron chi connectivity index (χ0n) is 13.4. The van der Waals surface area contributed by atoms with Crippen LogP contribution in [0.15, 0.2) is 60.7 Å². The molecule has 3 aromatic carbocycles. The molecule has 1 heterocycles. The molecule has 4 aromatic rings. The molecule has 25 heavy (non-hydrogen) atoms. The topological polar surface area (TPSA) is 37.9 Å². The molecule has 0 atom stereocenters. The predicted octanol–water partition coefficient (Wildman–Crippen LogP) is 5.61. The number of ether oxygens (including phenoxy) is 1. The van der Waals surface area contributed by atoms with Crippen LogP contribution in [0.4, 0.5) is 8.78 Å². The number of benzene rings is 3. The van der Waals surface area contributed by atoms with Gasteiger partial charge in [-0.25, -0.2) is 13.8 Å². The van der Waals surface area contributed by atoms with Crippen molar-refractivity contribution in [2.45, 2.75) is 6.92 Å². The molecule has 1 aromatic heterocycles. The number of nitrogens with zero attached hydrogens (tertiary/aromatic N) is 1. The van der Waals surface area contributed by atoms with Gasteiger partial charge >= 0.3 is 0 Å². The van der Waals surface area contributed by atoms with Gasteiger partial charge in [-0.1, -0.05) is 17.7 Å². The highest BCUT2D eigenvalue weighted by atomic mass is 19.2. The summed E-state index contributed by atoms with van der Waals surface area (Å²) >= 11 is 0. The van der Waals surface area contributed by atoms with E-state index in [-0.39, 0.29) is 0 Å². The standard InChI is InChI=1S/C20H14F2N2O/c1-12-2-6-14(7-3-12)25-15-8-4-13(5-9-15)20-23-18-10-16(21)17(22)11-19(18)24-20/h2-11H,1H3,(H,23,24). The van der Waals surface area contributed by atoms with Gasteiger partial charge < -0.3 is 9.72 Å². The van der Waals surface area contributed by atoms with Gasteiger partial charge in [0.15, 0.2) is 11.6 Å². The highest BCUT2D eigenvalue weighted by Crippen LogP contribution is 2.26. The zero-order valence-corrected chi connectivity index (χ0v) is 13.4. The molecule has 124 valence electrons. The quantitative estimate of drug-likeness (QED) is 0.528. The second-order valence-electron chi connectivity index (χ2n) is 5.81. The van der Waals surface area contributed by atoms with Crippen LogP contribution in [-0.4, -0.2) is 9.97 Å². The third kappa shape index (κ3) is 3.08. The lowest BCUT2D eigenvalue weighted by molar-refractivity contribution is 0.482. The lowest BCUT2D eigenvalue weighted by Gasteiger charge is -2.06. The number of halogens is 2. The lowest BCUT2D eigenvalue weighted by atomic mass is 10.2. The van der Waals surface area contributed by atoms with Gasteiger partial charge in [-0.15, -0.1) is 0 Å². The van der Waals surface area contributed by atoms with Gasteiger partial charge in [0.2, 0.25) is 0 Å². The first-order chi connectivity index (χ1) is 12.1. The van der Waals surface area contributed by atoms with E-state index in [2.05, 4.69) is 9.97 Å². The minimum atomic E-state index is -0.910. The van der Waals surface area contributed by atoms with Crippen molar-refractivity contribution >= 4 is 11.0 Å². The fraction of sp³-hybridized carbons (Fsp3) is 0.0500. The van der Waals surface area contributed by atoms with Crippen LogP contribution in [0.5, 0.6) is 11.5 Å². The Morgan fingerprint density at radius 1 is 0.840 bits per heavy atom. The van der Waals surface area contributed by atoms with Crippen LogP contribution in [0.3, 0.4) is 0 Å². The molecule has 0 saturated heterocycles. The monoisotopic (exact) mass is 336 g/mol. The maximum Gasteiger partial charge on any atom is 0.161 e. The normalized spacial score (nSPS) is 11.0. The Bertz CT molecular complexity index is 999. The highest BCUT2D eigenvalue weighted by Gasteiger charge is 2.10. The predicted molar refractivity (Wildman–Crippen MR) is 92.7 cm³/mol. The number of fused-ring (bicyclic) bond motifs is 1. The first kappa shape index (κ1) is 15.3. The first-order valence-electron chi connectivity index (χ1n) is 7.78. The van der Waals surface area contributed by atoms with E-state index in [0.717, 1.165) is 23.4 Å². The summed E-state index contributed by atoms with van der Waals surface area (Å²) in [6.07, 6.45) is 0. The van der Waals surface area contributed by atoms with Crippen molar-refractivity contribution in [1.29, 1.82) is 0 Å². The maximum absolute atomic E-state index is 13.3. The molecular weight excluding hydrogens is 322 g/mol. The SMILES string of the molecule is Cc1ccc(Oc2ccc(-c3nc4cc(F)c(F)cc4[nH]3)cc2)cc1. The first-order valence-corrected chi connectivity index (χ1v) is 7.78. The van der Waals surface area contributed by atoms with Gasteiger partial charge in [0.05, 0.1) is 11.0 Å². The minimum Gasteiger partial charge on any atom is -0.457 e. The number of nitrogens with one attached hydrogen (secondary N) is 1. The molecule has 0 amide bonds. The fourth-order valence-corrected chi connectivity index (χ4v) is 2.56. The Labute approximate surface area is 142 Å². The molecule has 3 nitrogen and oxygen atoms in total. The second-order valence-corrected chi connectivity index (χ2v) is 5.81. The van der Waals surface area contributed by atoms with Gasteiger partial charge in [0, 0.05) is 17.7 Å². The number of hydrogen-bond donors (Lipinski definition) is 1. The van der Waals surface area contributed by atoms with Crippen molar-refractivity contribution in [3.05, 3.63) is 77.9 Å². The van der Waals surface area contributed by atoms with Crippen LogP contribution in [-0.2, 0) is 0 Å². The van der Waals surface area contributed by atoms with Crippen molar-refractivity contribution in [1.82, 2.24) is 9.97 Å². The Balaban J connectivity index is 1.60. The van der Waals surface area contributed by atoms with Crippen molar-refractivity contribution in [3.8, 4) is 22.9 Å². The van der Waals surface area contributed by atoms with Crippen LogP contribution in [0.1, 0.15) is 5.56 Å². The third-order valence-corrected chi connectivity index (χ3v) is 3.91. The van der Waals surface area contributed by atoms with E-state index in [0.29, 0.717) is 22.6 Å². The number of rotatable bonds is 3. The van der Waals surface area contributed by atoms with E-state index in [1.54, 1.807) is 0 Å². The molecule has 0 saturated carbocycles. The molecule has 0 aliphatic carbocycles. The molecule has 0 aliphatic rings. The summed E-state index contributed by atoms with van der Waals surface area (Å²) in [6.45, 7) is 2.02. The number of hydrogen-bond acceptors (Lipinski definition) is 2. The minimum absolute atomic E-state index is 0.383. The van der Waals surface area contributed by atoms with E-state index < -0.39 is 11.6 Å². The smallest absolute Gasteiger partial charge is 0.161 e. The summed E-state index contributed by atoms with van der Waals surface area (Å²) in [7, 11) is 0. The Morgan fingerprint density at radius 3 is 2.12 bits per heavy atom. The molecule has 0 unspecified atom stereocenters. The molecule has 0 bridgehead atoms. The molecule has 0 spiro atoms. The van der Waals surface area contributed by atoms with Gasteiger partial charge in [0.1, 0.15) is 17.3 Å². The molecule has 0 aliphatic heterocycles. The summed E-state index contributed by atoms with van der Waals surface area (Å²) in [4.78, 5) is 7.30. The lowest BCUT2D eigenvalue weighted by Crippen LogP contribution is -1.85. The summed E-state index contributed by atoms with van der Waals surface area (Å²) < 4.78 is 32.4. The van der Waals surface area contributed by atoms with Crippen molar-refractivity contribution in [3.63, 3.8) is 0 Å². The second kappa shape index (κ2) is 6.02. The average molecular weight is 336 g/mol. The van der Waals surface area contributed by atoms with Gasteiger partial charge in [0.25, 0.3) is 0 Å². The Morgan fingerprint density at radius 2 is 1.44 bits per heavy atom.